The highest BCUT2D eigenvalue weighted by Crippen LogP contribution is 2.17. The molecule has 0 aliphatic rings. The van der Waals surface area contributed by atoms with E-state index in [1.807, 2.05) is 33.2 Å². The number of nitrogens with zero attached hydrogens (tertiary/aromatic N) is 4. The Bertz CT molecular complexity index is 486. The minimum Gasteiger partial charge on any atom is -0.386 e. The van der Waals surface area contributed by atoms with E-state index < -0.39 is 6.10 Å². The van der Waals surface area contributed by atoms with Crippen molar-refractivity contribution in [3.63, 3.8) is 0 Å². The number of aliphatic hydroxyl groups excluding tert-OH is 1. The van der Waals surface area contributed by atoms with Gasteiger partial charge in [0.2, 0.25) is 0 Å². The highest BCUT2D eigenvalue weighted by atomic mass is 16.3. The molecule has 16 heavy (non-hydrogen) atoms. The predicted molar refractivity (Wildman–Crippen MR) is 59.8 cm³/mol. The number of hydrogen-bond donors (Lipinski definition) is 1. The van der Waals surface area contributed by atoms with Crippen molar-refractivity contribution in [1.29, 1.82) is 0 Å². The van der Waals surface area contributed by atoms with E-state index in [4.69, 9.17) is 0 Å². The van der Waals surface area contributed by atoms with Crippen molar-refractivity contribution in [2.75, 3.05) is 0 Å². The van der Waals surface area contributed by atoms with Gasteiger partial charge in [-0.2, -0.15) is 10.2 Å². The van der Waals surface area contributed by atoms with Gasteiger partial charge in [-0.3, -0.25) is 9.36 Å². The third-order valence-electron chi connectivity index (χ3n) is 2.70. The molecule has 2 aromatic rings. The van der Waals surface area contributed by atoms with E-state index in [1.165, 1.54) is 0 Å². The van der Waals surface area contributed by atoms with Crippen molar-refractivity contribution in [3.05, 3.63) is 35.4 Å². The second-order valence-corrected chi connectivity index (χ2v) is 4.00. The zero-order valence-electron chi connectivity index (χ0n) is 9.75. The molecule has 0 radical (unpaired) electrons. The normalized spacial score (nSPS) is 13.0. The fraction of sp³-hybridized carbons (Fsp3) is 0.455. The van der Waals surface area contributed by atoms with Gasteiger partial charge >= 0.3 is 0 Å². The van der Waals surface area contributed by atoms with Crippen molar-refractivity contribution in [2.24, 2.45) is 14.1 Å². The molecule has 5 heteroatoms. The predicted octanol–water partition coefficient (Wildman–Crippen LogP) is 0.738. The molecule has 0 saturated heterocycles. The molecule has 0 aliphatic carbocycles. The summed E-state index contributed by atoms with van der Waals surface area (Å²) in [6.45, 7) is 1.94. The van der Waals surface area contributed by atoms with Gasteiger partial charge in [-0.05, 0) is 19.1 Å². The summed E-state index contributed by atoms with van der Waals surface area (Å²) in [5.41, 5.74) is 2.81. The lowest BCUT2D eigenvalue weighted by Crippen LogP contribution is -2.10. The molecule has 0 aliphatic heterocycles. The third-order valence-corrected chi connectivity index (χ3v) is 2.70. The summed E-state index contributed by atoms with van der Waals surface area (Å²) in [5, 5.41) is 18.4. The van der Waals surface area contributed by atoms with Crippen LogP contribution in [0, 0.1) is 6.92 Å². The van der Waals surface area contributed by atoms with Gasteiger partial charge in [0.25, 0.3) is 0 Å². The largest absolute Gasteiger partial charge is 0.386 e. The first-order valence-electron chi connectivity index (χ1n) is 5.23. The summed E-state index contributed by atoms with van der Waals surface area (Å²) >= 11 is 0. The molecular weight excluding hydrogens is 204 g/mol. The Hall–Kier alpha value is -1.62. The molecule has 1 N–H and O–H groups in total. The maximum atomic E-state index is 10.1. The summed E-state index contributed by atoms with van der Waals surface area (Å²) in [7, 11) is 3.71. The molecule has 0 aromatic carbocycles. The summed E-state index contributed by atoms with van der Waals surface area (Å²) in [6, 6.07) is 3.81. The number of rotatable bonds is 3. The highest BCUT2D eigenvalue weighted by Gasteiger charge is 2.14. The first-order valence-corrected chi connectivity index (χ1v) is 5.23. The van der Waals surface area contributed by atoms with Gasteiger partial charge in [-0.1, -0.05) is 0 Å². The van der Waals surface area contributed by atoms with Crippen LogP contribution in [0.3, 0.4) is 0 Å². The van der Waals surface area contributed by atoms with E-state index in [9.17, 15) is 5.11 Å². The van der Waals surface area contributed by atoms with E-state index in [2.05, 4.69) is 10.2 Å². The lowest BCUT2D eigenvalue weighted by molar-refractivity contribution is 0.166. The maximum absolute atomic E-state index is 10.1. The Balaban J connectivity index is 2.16. The van der Waals surface area contributed by atoms with E-state index in [0.717, 1.165) is 17.1 Å². The van der Waals surface area contributed by atoms with Crippen molar-refractivity contribution in [3.8, 4) is 0 Å². The lowest BCUT2D eigenvalue weighted by atomic mass is 10.1. The van der Waals surface area contributed by atoms with Gasteiger partial charge in [-0.25, -0.2) is 0 Å². The fourth-order valence-electron chi connectivity index (χ4n) is 1.87. The van der Waals surface area contributed by atoms with Crippen molar-refractivity contribution in [2.45, 2.75) is 19.4 Å². The van der Waals surface area contributed by atoms with Crippen LogP contribution in [-0.2, 0) is 20.5 Å². The molecule has 2 heterocycles. The van der Waals surface area contributed by atoms with Crippen LogP contribution in [0.15, 0.2) is 18.3 Å². The molecule has 2 aromatic heterocycles. The zero-order chi connectivity index (χ0) is 11.7. The summed E-state index contributed by atoms with van der Waals surface area (Å²) in [4.78, 5) is 0. The number of aliphatic hydroxyl groups is 1. The van der Waals surface area contributed by atoms with E-state index in [0.29, 0.717) is 6.42 Å². The molecule has 86 valence electrons. The number of aryl methyl sites for hydroxylation is 3. The van der Waals surface area contributed by atoms with E-state index in [1.54, 1.807) is 15.6 Å². The van der Waals surface area contributed by atoms with Crippen LogP contribution in [0.2, 0.25) is 0 Å². The monoisotopic (exact) mass is 220 g/mol. The SMILES string of the molecule is Cc1cc(CC(O)c2ccnn2C)n(C)n1. The summed E-state index contributed by atoms with van der Waals surface area (Å²) in [5.74, 6) is 0. The zero-order valence-corrected chi connectivity index (χ0v) is 9.75. The number of hydrogen-bond acceptors (Lipinski definition) is 3. The molecule has 0 spiro atoms. The molecular formula is C11H16N4O. The van der Waals surface area contributed by atoms with Gasteiger partial charge in [0.05, 0.1) is 11.4 Å². The van der Waals surface area contributed by atoms with E-state index in [-0.39, 0.29) is 0 Å². The standard InChI is InChI=1S/C11H16N4O/c1-8-6-9(14(2)13-8)7-11(16)10-4-5-12-15(10)3/h4-6,11,16H,7H2,1-3H3. The van der Waals surface area contributed by atoms with Crippen LogP contribution in [0.4, 0.5) is 0 Å². The van der Waals surface area contributed by atoms with E-state index >= 15 is 0 Å². The Morgan fingerprint density at radius 1 is 1.38 bits per heavy atom. The van der Waals surface area contributed by atoms with Crippen LogP contribution in [0.1, 0.15) is 23.2 Å². The van der Waals surface area contributed by atoms with Crippen molar-refractivity contribution >= 4 is 0 Å². The molecule has 1 unspecified atom stereocenters. The Morgan fingerprint density at radius 3 is 2.62 bits per heavy atom. The maximum Gasteiger partial charge on any atom is 0.101 e. The highest BCUT2D eigenvalue weighted by molar-refractivity contribution is 5.13. The molecule has 5 nitrogen and oxygen atoms in total. The molecule has 1 atom stereocenters. The van der Waals surface area contributed by atoms with Crippen LogP contribution in [0.5, 0.6) is 0 Å². The minimum absolute atomic E-state index is 0.540. The minimum atomic E-state index is -0.540. The molecule has 0 fully saturated rings. The Labute approximate surface area is 94.3 Å². The molecule has 2 rings (SSSR count). The summed E-state index contributed by atoms with van der Waals surface area (Å²) < 4.78 is 3.49. The Morgan fingerprint density at radius 2 is 2.12 bits per heavy atom. The van der Waals surface area contributed by atoms with Crippen molar-refractivity contribution < 1.29 is 5.11 Å². The van der Waals surface area contributed by atoms with Crippen molar-refractivity contribution in [1.82, 2.24) is 19.6 Å². The second kappa shape index (κ2) is 4.09. The average Bonchev–Trinajstić information content (AvgIpc) is 2.74. The third kappa shape index (κ3) is 1.99. The second-order valence-electron chi connectivity index (χ2n) is 4.00. The average molecular weight is 220 g/mol. The molecule has 0 saturated carbocycles. The van der Waals surface area contributed by atoms with Gasteiger partial charge in [0, 0.05) is 32.4 Å². The van der Waals surface area contributed by atoms with Gasteiger partial charge in [-0.15, -0.1) is 0 Å². The molecule has 0 bridgehead atoms. The first-order chi connectivity index (χ1) is 7.58. The number of aromatic nitrogens is 4. The first kappa shape index (κ1) is 10.9. The smallest absolute Gasteiger partial charge is 0.101 e. The fourth-order valence-corrected chi connectivity index (χ4v) is 1.87. The van der Waals surface area contributed by atoms with Crippen LogP contribution < -0.4 is 0 Å². The lowest BCUT2D eigenvalue weighted by Gasteiger charge is -2.10. The Kier molecular flexibility index (Phi) is 2.78. The quantitative estimate of drug-likeness (QED) is 0.830. The van der Waals surface area contributed by atoms with Gasteiger partial charge in [0.15, 0.2) is 0 Å². The van der Waals surface area contributed by atoms with Gasteiger partial charge < -0.3 is 5.11 Å². The van der Waals surface area contributed by atoms with Crippen LogP contribution >= 0.6 is 0 Å². The summed E-state index contributed by atoms with van der Waals surface area (Å²) in [6.07, 6.45) is 1.70. The molecule has 0 amide bonds. The van der Waals surface area contributed by atoms with Crippen LogP contribution in [0.25, 0.3) is 0 Å². The van der Waals surface area contributed by atoms with Gasteiger partial charge in [0.1, 0.15) is 6.10 Å². The van der Waals surface area contributed by atoms with Crippen LogP contribution in [-0.4, -0.2) is 24.7 Å². The topological polar surface area (TPSA) is 55.9 Å².